The predicted octanol–water partition coefficient (Wildman–Crippen LogP) is -0.544. The Balaban J connectivity index is 1.56. The number of nitrogen functional groups attached to an aromatic ring is 1. The number of aromatic amines is 1. The number of H-pyrrole nitrogens is 1. The minimum atomic E-state index is -0.918. The predicted molar refractivity (Wildman–Crippen MR) is 104 cm³/mol. The van der Waals surface area contributed by atoms with E-state index in [1.165, 1.54) is 0 Å². The molecule has 1 aliphatic rings. The zero-order valence-corrected chi connectivity index (χ0v) is 16.1. The molecule has 0 spiro atoms. The molecule has 0 unspecified atom stereocenters. The fourth-order valence-electron chi connectivity index (χ4n) is 3.76. The SMILES string of the molecule is C[C@H]1O[C@@H]([n+]2cn(C)c3c(=O)[nH]c(N)nc32)[C@H](O)[C@@H]1CNC(=O)c1ccccc1. The van der Waals surface area contributed by atoms with E-state index in [9.17, 15) is 14.7 Å². The van der Waals surface area contributed by atoms with Crippen molar-refractivity contribution in [1.29, 1.82) is 0 Å². The fraction of sp³-hybridized carbons (Fsp3) is 0.368. The van der Waals surface area contributed by atoms with Gasteiger partial charge in [0.25, 0.3) is 17.4 Å². The molecule has 3 aromatic rings. The van der Waals surface area contributed by atoms with Crippen LogP contribution < -0.4 is 21.2 Å². The molecule has 1 fully saturated rings. The molecule has 0 aliphatic carbocycles. The fourth-order valence-corrected chi connectivity index (χ4v) is 3.76. The lowest BCUT2D eigenvalue weighted by atomic mass is 9.98. The summed E-state index contributed by atoms with van der Waals surface area (Å²) in [7, 11) is 1.70. The van der Waals surface area contributed by atoms with Gasteiger partial charge >= 0.3 is 5.65 Å². The first-order chi connectivity index (χ1) is 13.9. The number of aryl methyl sites for hydroxylation is 1. The Kier molecular flexibility index (Phi) is 4.81. The maximum Gasteiger partial charge on any atom is 0.313 e. The molecule has 0 radical (unpaired) electrons. The molecule has 3 heterocycles. The van der Waals surface area contributed by atoms with Crippen molar-refractivity contribution >= 4 is 23.0 Å². The molecule has 5 N–H and O–H groups in total. The van der Waals surface area contributed by atoms with Crippen LogP contribution in [0.2, 0.25) is 0 Å². The van der Waals surface area contributed by atoms with Crippen LogP contribution in [-0.2, 0) is 11.8 Å². The molecular weight excluding hydrogens is 376 g/mol. The summed E-state index contributed by atoms with van der Waals surface area (Å²) in [6.45, 7) is 2.08. The van der Waals surface area contributed by atoms with Crippen LogP contribution in [0.1, 0.15) is 23.5 Å². The number of amides is 1. The van der Waals surface area contributed by atoms with Gasteiger partial charge in [-0.15, -0.1) is 0 Å². The van der Waals surface area contributed by atoms with Crippen molar-refractivity contribution in [1.82, 2.24) is 19.9 Å². The smallest absolute Gasteiger partial charge is 0.313 e. The zero-order chi connectivity index (χ0) is 20.7. The second-order valence-electron chi connectivity index (χ2n) is 7.22. The maximum absolute atomic E-state index is 12.3. The van der Waals surface area contributed by atoms with Gasteiger partial charge in [0.15, 0.2) is 6.33 Å². The number of hydrogen-bond acceptors (Lipinski definition) is 6. The number of carbonyl (C=O) groups is 1. The van der Waals surface area contributed by atoms with Gasteiger partial charge in [-0.3, -0.25) is 19.1 Å². The van der Waals surface area contributed by atoms with Crippen molar-refractivity contribution in [3.8, 4) is 0 Å². The van der Waals surface area contributed by atoms with Crippen LogP contribution in [0.5, 0.6) is 0 Å². The van der Waals surface area contributed by atoms with Gasteiger partial charge in [0.05, 0.1) is 13.2 Å². The first-order valence-electron chi connectivity index (χ1n) is 9.29. The van der Waals surface area contributed by atoms with Crippen LogP contribution in [0.3, 0.4) is 0 Å². The molecule has 10 nitrogen and oxygen atoms in total. The molecule has 29 heavy (non-hydrogen) atoms. The second-order valence-corrected chi connectivity index (χ2v) is 7.22. The lowest BCUT2D eigenvalue weighted by molar-refractivity contribution is -0.745. The molecule has 1 aromatic carbocycles. The first-order valence-corrected chi connectivity index (χ1v) is 9.29. The minimum Gasteiger partial charge on any atom is -0.386 e. The normalized spacial score (nSPS) is 24.1. The highest BCUT2D eigenvalue weighted by Gasteiger charge is 2.45. The number of aromatic nitrogens is 4. The molecule has 152 valence electrons. The molecule has 1 saturated heterocycles. The molecule has 0 bridgehead atoms. The number of benzene rings is 1. The van der Waals surface area contributed by atoms with Crippen molar-refractivity contribution in [2.45, 2.75) is 25.4 Å². The van der Waals surface area contributed by atoms with Crippen molar-refractivity contribution < 1.29 is 19.2 Å². The molecule has 10 heteroatoms. The number of aliphatic hydroxyl groups excluding tert-OH is 1. The monoisotopic (exact) mass is 399 g/mol. The number of ether oxygens (including phenoxy) is 1. The van der Waals surface area contributed by atoms with Gasteiger partial charge in [-0.1, -0.05) is 23.2 Å². The number of anilines is 1. The van der Waals surface area contributed by atoms with E-state index in [1.54, 1.807) is 46.8 Å². The van der Waals surface area contributed by atoms with E-state index in [0.29, 0.717) is 16.7 Å². The summed E-state index contributed by atoms with van der Waals surface area (Å²) in [4.78, 5) is 31.2. The van der Waals surface area contributed by atoms with Crippen LogP contribution in [-0.4, -0.2) is 44.3 Å². The Morgan fingerprint density at radius 1 is 1.41 bits per heavy atom. The van der Waals surface area contributed by atoms with Gasteiger partial charge in [0.2, 0.25) is 11.7 Å². The van der Waals surface area contributed by atoms with Gasteiger partial charge in [0, 0.05) is 18.0 Å². The molecule has 4 rings (SSSR count). The summed E-state index contributed by atoms with van der Waals surface area (Å²) in [6, 6.07) is 8.87. The van der Waals surface area contributed by atoms with E-state index in [2.05, 4.69) is 15.3 Å². The maximum atomic E-state index is 12.3. The number of fused-ring (bicyclic) bond motifs is 1. The summed E-state index contributed by atoms with van der Waals surface area (Å²) in [5.41, 5.74) is 6.50. The Morgan fingerprint density at radius 2 is 2.14 bits per heavy atom. The van der Waals surface area contributed by atoms with E-state index >= 15 is 0 Å². The molecular formula is C19H23N6O4+. The number of nitrogens with two attached hydrogens (primary N) is 1. The molecule has 1 amide bonds. The Labute approximate surface area is 165 Å². The molecule has 4 atom stereocenters. The Morgan fingerprint density at radius 3 is 2.86 bits per heavy atom. The quantitative estimate of drug-likeness (QED) is 0.435. The first kappa shape index (κ1) is 19.1. The van der Waals surface area contributed by atoms with Gasteiger partial charge in [-0.25, -0.2) is 4.57 Å². The number of nitrogens with zero attached hydrogens (tertiary/aromatic N) is 3. The summed E-state index contributed by atoms with van der Waals surface area (Å²) >= 11 is 0. The van der Waals surface area contributed by atoms with E-state index in [0.717, 1.165) is 0 Å². The molecule has 0 saturated carbocycles. The number of carbonyl (C=O) groups excluding carboxylic acids is 1. The highest BCUT2D eigenvalue weighted by atomic mass is 16.5. The average Bonchev–Trinajstić information content (AvgIpc) is 3.16. The van der Waals surface area contributed by atoms with Crippen LogP contribution in [0.4, 0.5) is 5.95 Å². The zero-order valence-electron chi connectivity index (χ0n) is 16.1. The van der Waals surface area contributed by atoms with Crippen LogP contribution >= 0.6 is 0 Å². The molecule has 1 aliphatic heterocycles. The lowest BCUT2D eigenvalue weighted by Gasteiger charge is -2.18. The van der Waals surface area contributed by atoms with E-state index in [-0.39, 0.29) is 36.0 Å². The Hall–Kier alpha value is -3.24. The van der Waals surface area contributed by atoms with E-state index < -0.39 is 12.3 Å². The van der Waals surface area contributed by atoms with Crippen molar-refractivity contribution in [2.75, 3.05) is 12.3 Å². The number of nitrogens with one attached hydrogen (secondary N) is 2. The van der Waals surface area contributed by atoms with Gasteiger partial charge in [-0.2, -0.15) is 0 Å². The van der Waals surface area contributed by atoms with Crippen LogP contribution in [0.15, 0.2) is 41.5 Å². The summed E-state index contributed by atoms with van der Waals surface area (Å²) < 4.78 is 9.17. The highest BCUT2D eigenvalue weighted by molar-refractivity contribution is 5.94. The molecule has 2 aromatic heterocycles. The van der Waals surface area contributed by atoms with Crippen molar-refractivity contribution in [2.24, 2.45) is 13.0 Å². The van der Waals surface area contributed by atoms with Gasteiger partial charge < -0.3 is 20.9 Å². The van der Waals surface area contributed by atoms with Crippen LogP contribution in [0.25, 0.3) is 11.2 Å². The summed E-state index contributed by atoms with van der Waals surface area (Å²) in [5, 5.41) is 13.8. The highest BCUT2D eigenvalue weighted by Crippen LogP contribution is 2.31. The third-order valence-electron chi connectivity index (χ3n) is 5.29. The number of hydrogen-bond donors (Lipinski definition) is 4. The third-order valence-corrected chi connectivity index (χ3v) is 5.29. The topological polar surface area (TPSA) is 139 Å². The van der Waals surface area contributed by atoms with E-state index in [1.807, 2.05) is 13.0 Å². The van der Waals surface area contributed by atoms with Crippen LogP contribution in [0, 0.1) is 5.92 Å². The third kappa shape index (κ3) is 3.36. The number of rotatable bonds is 4. The Bertz CT molecular complexity index is 1110. The second kappa shape index (κ2) is 7.30. The van der Waals surface area contributed by atoms with Crippen molar-refractivity contribution in [3.05, 3.63) is 52.6 Å². The van der Waals surface area contributed by atoms with Crippen molar-refractivity contribution in [3.63, 3.8) is 0 Å². The summed E-state index contributed by atoms with van der Waals surface area (Å²) in [5.74, 6) is -0.573. The van der Waals surface area contributed by atoms with E-state index in [4.69, 9.17) is 10.5 Å². The number of aliphatic hydroxyl groups is 1. The van der Waals surface area contributed by atoms with Gasteiger partial charge in [0.1, 0.15) is 6.10 Å². The summed E-state index contributed by atoms with van der Waals surface area (Å²) in [6.07, 6.45) is -0.370. The number of imidazole rings is 1. The minimum absolute atomic E-state index is 0.0188. The standard InChI is InChI=1S/C19H22N6O4/c1-10-12(8-21-16(27)11-6-4-3-5-7-11)14(26)18(29-10)25-9-24(2)13-15(25)22-19(20)23-17(13)28/h3-7,9-10,12,14,18,26H,8H2,1-2H3,(H3-,20,21,22,23,27,28)/p+1/t10-,12-,14-,18-/m1/s1. The largest absolute Gasteiger partial charge is 0.386 e. The van der Waals surface area contributed by atoms with Gasteiger partial charge in [-0.05, 0) is 19.1 Å². The lowest BCUT2D eigenvalue weighted by Crippen LogP contribution is -2.46. The average molecular weight is 399 g/mol.